The van der Waals surface area contributed by atoms with Crippen molar-refractivity contribution in [1.82, 2.24) is 0 Å². The standard InChI is InChI=1S/C77H142O16P2/c1-4-7-10-13-16-19-22-25-27-28-29-30-31-32-33-34-35-36-37-38-39-40-41-42-44-47-48-51-54-57-60-63-75(80)87-66-72(78)67-89-94(83,84)90-68-73(79)69-91-95(85,86)92-71-74(93-77(82)65-62-59-56-53-50-45-24-21-18-15-12-9-6-3)70-88-76(81)64-61-58-55-52-49-46-43-26-23-20-17-14-11-8-5-2/h16,19,21,24-25,27,29-30,32-33,72-74,78-79H,4-15,17-18,20,22-23,26,28,31,34-71H2,1-3H3,(H,83,84)(H,85,86)/b19-16-,24-21-,27-25-,30-29-,33-32-. The molecule has 0 saturated heterocycles. The van der Waals surface area contributed by atoms with Crippen molar-refractivity contribution in [2.45, 2.75) is 373 Å². The summed E-state index contributed by atoms with van der Waals surface area (Å²) in [5.74, 6) is -1.56. The van der Waals surface area contributed by atoms with E-state index in [-0.39, 0.29) is 19.3 Å². The molecule has 0 fully saturated rings. The SMILES string of the molecule is CCCCC/C=C\C/C=C\C/C=C\C/C=C\CCCCCCCCCCCCCCCCCC(=O)OCC(O)COP(=O)(O)OCC(O)COP(=O)(O)OCC(COC(=O)CCCCCCCCCCCCCCCCC)OC(=O)CCCCCCC/C=C\CCCCCC. The summed E-state index contributed by atoms with van der Waals surface area (Å²) in [4.78, 5) is 58.4. The fraction of sp³-hybridized carbons (Fsp3) is 0.831. The van der Waals surface area contributed by atoms with Crippen LogP contribution in [0.15, 0.2) is 60.8 Å². The van der Waals surface area contributed by atoms with Gasteiger partial charge in [0.25, 0.3) is 0 Å². The Labute approximate surface area is 580 Å². The topological polar surface area (TPSA) is 231 Å². The van der Waals surface area contributed by atoms with Crippen LogP contribution in [-0.2, 0) is 55.8 Å². The molecule has 0 saturated carbocycles. The van der Waals surface area contributed by atoms with Crippen molar-refractivity contribution in [3.05, 3.63) is 60.8 Å². The van der Waals surface area contributed by atoms with Gasteiger partial charge in [-0.2, -0.15) is 0 Å². The number of hydrogen-bond acceptors (Lipinski definition) is 14. The average Bonchev–Trinajstić information content (AvgIpc) is 1.75. The lowest BCUT2D eigenvalue weighted by molar-refractivity contribution is -0.161. The van der Waals surface area contributed by atoms with Gasteiger partial charge in [-0.05, 0) is 89.9 Å². The normalized spacial score (nSPS) is 14.4. The zero-order valence-corrected chi connectivity index (χ0v) is 62.4. The van der Waals surface area contributed by atoms with Crippen LogP contribution in [0.5, 0.6) is 0 Å². The van der Waals surface area contributed by atoms with Gasteiger partial charge in [-0.3, -0.25) is 32.5 Å². The first-order chi connectivity index (χ1) is 46.2. The van der Waals surface area contributed by atoms with E-state index in [2.05, 4.69) is 81.5 Å². The minimum atomic E-state index is -4.92. The van der Waals surface area contributed by atoms with Crippen LogP contribution >= 0.6 is 15.6 Å². The maximum Gasteiger partial charge on any atom is 0.472 e. The minimum absolute atomic E-state index is 0.100. The predicted octanol–water partition coefficient (Wildman–Crippen LogP) is 22.1. The van der Waals surface area contributed by atoms with Crippen LogP contribution in [0.25, 0.3) is 0 Å². The van der Waals surface area contributed by atoms with E-state index in [1.807, 2.05) is 0 Å². The number of phosphoric ester groups is 2. The lowest BCUT2D eigenvalue weighted by Gasteiger charge is -2.21. The van der Waals surface area contributed by atoms with Gasteiger partial charge in [-0.15, -0.1) is 0 Å². The molecule has 0 aromatic heterocycles. The summed E-state index contributed by atoms with van der Waals surface area (Å²) in [6.45, 7) is 2.68. The molecule has 4 N–H and O–H groups in total. The minimum Gasteiger partial charge on any atom is -0.463 e. The van der Waals surface area contributed by atoms with Gasteiger partial charge in [-0.1, -0.05) is 306 Å². The van der Waals surface area contributed by atoms with E-state index >= 15 is 0 Å². The number of phosphoric acid groups is 2. The van der Waals surface area contributed by atoms with Crippen LogP contribution in [-0.4, -0.2) is 95.9 Å². The van der Waals surface area contributed by atoms with Gasteiger partial charge in [0.05, 0.1) is 26.4 Å². The molecule has 5 unspecified atom stereocenters. The van der Waals surface area contributed by atoms with Crippen molar-refractivity contribution < 1.29 is 75.8 Å². The molecule has 0 aromatic rings. The Balaban J connectivity index is 4.37. The zero-order chi connectivity index (χ0) is 69.5. The molecule has 0 spiro atoms. The number of rotatable bonds is 74. The molecule has 0 aliphatic rings. The molecule has 0 aliphatic heterocycles. The van der Waals surface area contributed by atoms with E-state index in [4.69, 9.17) is 32.3 Å². The van der Waals surface area contributed by atoms with Crippen LogP contribution in [0, 0.1) is 0 Å². The Hall–Kier alpha value is -2.75. The molecular formula is C77H142O16P2. The van der Waals surface area contributed by atoms with Crippen molar-refractivity contribution in [2.75, 3.05) is 39.6 Å². The summed E-state index contributed by atoms with van der Waals surface area (Å²) in [7, 11) is -9.76. The second-order valence-electron chi connectivity index (χ2n) is 26.2. The van der Waals surface area contributed by atoms with E-state index in [0.29, 0.717) is 19.3 Å². The summed E-state index contributed by atoms with van der Waals surface area (Å²) in [6.07, 6.45) is 75.7. The second-order valence-corrected chi connectivity index (χ2v) is 29.1. The smallest absolute Gasteiger partial charge is 0.463 e. The fourth-order valence-electron chi connectivity index (χ4n) is 10.8. The number of carbonyl (C=O) groups excluding carboxylic acids is 3. The Kier molecular flexibility index (Phi) is 69.0. The summed E-state index contributed by atoms with van der Waals surface area (Å²) >= 11 is 0. The number of unbranched alkanes of at least 4 members (excludes halogenated alkanes) is 41. The molecule has 18 heteroatoms. The average molecular weight is 1390 g/mol. The molecule has 95 heavy (non-hydrogen) atoms. The zero-order valence-electron chi connectivity index (χ0n) is 60.6. The molecular weight excluding hydrogens is 1240 g/mol. The van der Waals surface area contributed by atoms with Crippen LogP contribution in [0.4, 0.5) is 0 Å². The largest absolute Gasteiger partial charge is 0.472 e. The van der Waals surface area contributed by atoms with Crippen molar-refractivity contribution in [3.8, 4) is 0 Å². The molecule has 5 atom stereocenters. The third-order valence-electron chi connectivity index (χ3n) is 16.7. The summed E-state index contributed by atoms with van der Waals surface area (Å²) in [5.41, 5.74) is 0. The molecule has 0 rings (SSSR count). The first-order valence-corrected chi connectivity index (χ1v) is 41.6. The first-order valence-electron chi connectivity index (χ1n) is 38.6. The lowest BCUT2D eigenvalue weighted by atomic mass is 10.0. The molecule has 0 amide bonds. The van der Waals surface area contributed by atoms with E-state index in [1.54, 1.807) is 0 Å². The van der Waals surface area contributed by atoms with Crippen LogP contribution in [0.3, 0.4) is 0 Å². The van der Waals surface area contributed by atoms with Crippen molar-refractivity contribution in [1.29, 1.82) is 0 Å². The van der Waals surface area contributed by atoms with Crippen molar-refractivity contribution in [2.24, 2.45) is 0 Å². The van der Waals surface area contributed by atoms with Crippen LogP contribution < -0.4 is 0 Å². The van der Waals surface area contributed by atoms with Crippen molar-refractivity contribution in [3.63, 3.8) is 0 Å². The van der Waals surface area contributed by atoms with Gasteiger partial charge in [0.2, 0.25) is 0 Å². The van der Waals surface area contributed by atoms with Crippen LogP contribution in [0.1, 0.15) is 355 Å². The molecule has 0 radical (unpaired) electrons. The van der Waals surface area contributed by atoms with Gasteiger partial charge in [0.1, 0.15) is 25.4 Å². The molecule has 0 aromatic carbocycles. The Morgan fingerprint density at radius 1 is 0.295 bits per heavy atom. The van der Waals surface area contributed by atoms with Crippen LogP contribution in [0.2, 0.25) is 0 Å². The third-order valence-corrected chi connectivity index (χ3v) is 18.6. The summed E-state index contributed by atoms with van der Waals surface area (Å²) in [6, 6.07) is 0. The maximum atomic E-state index is 12.9. The lowest BCUT2D eigenvalue weighted by Crippen LogP contribution is -2.30. The Bertz CT molecular complexity index is 1980. The molecule has 556 valence electrons. The molecule has 0 aliphatic carbocycles. The monoisotopic (exact) mass is 1380 g/mol. The number of hydrogen-bond donors (Lipinski definition) is 4. The number of allylic oxidation sites excluding steroid dienone is 10. The summed E-state index contributed by atoms with van der Waals surface area (Å²) in [5, 5.41) is 20.6. The molecule has 16 nitrogen and oxygen atoms in total. The third kappa shape index (κ3) is 72.3. The van der Waals surface area contributed by atoms with E-state index < -0.39 is 91.5 Å². The highest BCUT2D eigenvalue weighted by Gasteiger charge is 2.29. The van der Waals surface area contributed by atoms with Gasteiger partial charge in [0.15, 0.2) is 6.10 Å². The summed E-state index contributed by atoms with van der Waals surface area (Å²) < 4.78 is 61.0. The van der Waals surface area contributed by atoms with E-state index in [9.17, 15) is 43.5 Å². The molecule has 0 heterocycles. The van der Waals surface area contributed by atoms with Gasteiger partial charge in [0, 0.05) is 19.3 Å². The van der Waals surface area contributed by atoms with E-state index in [0.717, 1.165) is 96.3 Å². The van der Waals surface area contributed by atoms with Crippen molar-refractivity contribution >= 4 is 33.6 Å². The molecule has 0 bridgehead atoms. The number of esters is 3. The second kappa shape index (κ2) is 71.1. The fourth-order valence-corrected chi connectivity index (χ4v) is 12.4. The number of aliphatic hydroxyl groups is 2. The van der Waals surface area contributed by atoms with Gasteiger partial charge >= 0.3 is 33.6 Å². The first kappa shape index (κ1) is 92.2. The highest BCUT2D eigenvalue weighted by atomic mass is 31.2. The highest BCUT2D eigenvalue weighted by molar-refractivity contribution is 7.47. The maximum absolute atomic E-state index is 12.9. The Morgan fingerprint density at radius 2 is 0.526 bits per heavy atom. The number of aliphatic hydroxyl groups excluding tert-OH is 2. The number of ether oxygens (including phenoxy) is 3. The Morgan fingerprint density at radius 3 is 0.874 bits per heavy atom. The van der Waals surface area contributed by atoms with Gasteiger partial charge < -0.3 is 34.2 Å². The van der Waals surface area contributed by atoms with Gasteiger partial charge in [-0.25, -0.2) is 9.13 Å². The quantitative estimate of drug-likeness (QED) is 0.0146. The predicted molar refractivity (Wildman–Crippen MR) is 390 cm³/mol. The number of carbonyl (C=O) groups is 3. The van der Waals surface area contributed by atoms with E-state index in [1.165, 1.54) is 199 Å². The highest BCUT2D eigenvalue weighted by Crippen LogP contribution is 2.45.